The van der Waals surface area contributed by atoms with Gasteiger partial charge in [0.2, 0.25) is 0 Å². The van der Waals surface area contributed by atoms with Gasteiger partial charge in [0.1, 0.15) is 0 Å². The van der Waals surface area contributed by atoms with Crippen LogP contribution in [0.3, 0.4) is 0 Å². The van der Waals surface area contributed by atoms with E-state index in [2.05, 4.69) is 9.99 Å². The first-order chi connectivity index (χ1) is 2.39. The maximum absolute atomic E-state index is 8.07. The van der Waals surface area contributed by atoms with Gasteiger partial charge in [0.15, 0.2) is 6.61 Å². The second-order valence-corrected chi connectivity index (χ2v) is 0.781. The molecule has 1 heterocycles. The van der Waals surface area contributed by atoms with E-state index in [1.165, 1.54) is 0 Å². The first kappa shape index (κ1) is 2.50. The normalized spacial score (nSPS) is 18.8. The summed E-state index contributed by atoms with van der Waals surface area (Å²) in [5, 5.41) is 11.1. The van der Waals surface area contributed by atoms with Gasteiger partial charge in [-0.15, -0.1) is 0 Å². The van der Waals surface area contributed by atoms with E-state index in [1.807, 2.05) is 0 Å². The van der Waals surface area contributed by atoms with Crippen LogP contribution in [0.1, 0.15) is 0 Å². The Kier molecular flexibility index (Phi) is 0.304. The predicted molar refractivity (Wildman–Crippen MR) is 16.0 cm³/mol. The van der Waals surface area contributed by atoms with Crippen molar-refractivity contribution in [3.63, 3.8) is 0 Å². The number of hydrogen-bond acceptors (Lipinski definition) is 2. The largest absolute Gasteiger partial charge is 0.492 e. The maximum Gasteiger partial charge on any atom is 0.264 e. The Bertz CT molecular complexity index is 68.0. The van der Waals surface area contributed by atoms with Crippen molar-refractivity contribution < 1.29 is 9.94 Å². The van der Waals surface area contributed by atoms with Crippen LogP contribution in [0, 0.1) is 0 Å². The fourth-order valence-electron chi connectivity index (χ4n) is 0.122. The fraction of sp³-hybridized carbons (Fsp3) is 0.500. The first-order valence-corrected chi connectivity index (χ1v) is 1.27. The molecule has 0 aliphatic carbocycles. The van der Waals surface area contributed by atoms with Crippen LogP contribution in [0.25, 0.3) is 0 Å². The Morgan fingerprint density at radius 1 is 2.00 bits per heavy atom. The second kappa shape index (κ2) is 0.607. The molecule has 5 heavy (non-hydrogen) atoms. The molecule has 0 aromatic carbocycles. The van der Waals surface area contributed by atoms with Crippen LogP contribution in [0.2, 0.25) is 0 Å². The molecule has 0 radical (unpaired) electrons. The van der Waals surface area contributed by atoms with Crippen molar-refractivity contribution in [1.29, 1.82) is 0 Å². The quantitative estimate of drug-likeness (QED) is 0.434. The lowest BCUT2D eigenvalue weighted by molar-refractivity contribution is 0.113. The Morgan fingerprint density at radius 2 is 2.40 bits per heavy atom. The summed E-state index contributed by atoms with van der Waals surface area (Å²) in [6.45, 7) is 0.292. The Balaban J connectivity index is 2.51. The lowest BCUT2D eigenvalue weighted by Gasteiger charge is -2.03. The topological polar surface area (TPSA) is 41.8 Å². The summed E-state index contributed by atoms with van der Waals surface area (Å²) in [5.41, 5.74) is 0. The first-order valence-electron chi connectivity index (χ1n) is 1.27. The van der Waals surface area contributed by atoms with E-state index in [1.54, 1.807) is 0 Å². The molecular weight excluding hydrogens is 70.0 g/mol. The molecule has 0 spiro atoms. The molecule has 0 fully saturated rings. The highest BCUT2D eigenvalue weighted by Gasteiger charge is 2.02. The number of oxime groups is 1. The fourth-order valence-corrected chi connectivity index (χ4v) is 0.122. The standard InChI is InChI=1S/C2H3NO2/c4-2-1-5-3-2/h1H2,(H,3,4). The van der Waals surface area contributed by atoms with Crippen LogP contribution in [0.15, 0.2) is 5.16 Å². The number of rotatable bonds is 0. The lowest BCUT2D eigenvalue weighted by atomic mass is 10.7. The Labute approximate surface area is 28.9 Å². The number of nitrogens with zero attached hydrogens (tertiary/aromatic N) is 1. The van der Waals surface area contributed by atoms with Gasteiger partial charge in [-0.1, -0.05) is 0 Å². The van der Waals surface area contributed by atoms with E-state index in [0.717, 1.165) is 0 Å². The average Bonchev–Trinajstić information content (AvgIpc) is 1.30. The van der Waals surface area contributed by atoms with E-state index < -0.39 is 0 Å². The van der Waals surface area contributed by atoms with Gasteiger partial charge in [0.05, 0.1) is 0 Å². The van der Waals surface area contributed by atoms with Crippen LogP contribution in [0.5, 0.6) is 0 Å². The van der Waals surface area contributed by atoms with Crippen LogP contribution < -0.4 is 0 Å². The molecule has 0 aromatic heterocycles. The van der Waals surface area contributed by atoms with E-state index >= 15 is 0 Å². The predicted octanol–water partition coefficient (Wildman–Crippen LogP) is -0.112. The zero-order chi connectivity index (χ0) is 3.70. The molecule has 1 aliphatic heterocycles. The minimum absolute atomic E-state index is 0.0880. The minimum Gasteiger partial charge on any atom is -0.492 e. The maximum atomic E-state index is 8.07. The number of aliphatic hydroxyl groups is 1. The summed E-state index contributed by atoms with van der Waals surface area (Å²) in [4.78, 5) is 4.17. The third kappa shape index (κ3) is 0.190. The van der Waals surface area contributed by atoms with E-state index in [9.17, 15) is 0 Å². The van der Waals surface area contributed by atoms with Gasteiger partial charge in [0.25, 0.3) is 5.90 Å². The minimum atomic E-state index is 0.0880. The molecule has 0 saturated carbocycles. The summed E-state index contributed by atoms with van der Waals surface area (Å²) < 4.78 is 0. The van der Waals surface area contributed by atoms with Crippen LogP contribution in [0.4, 0.5) is 0 Å². The molecule has 1 aliphatic rings. The average molecular weight is 73.1 g/mol. The molecule has 3 heteroatoms. The smallest absolute Gasteiger partial charge is 0.264 e. The second-order valence-electron chi connectivity index (χ2n) is 0.781. The SMILES string of the molecule is OC1=NOC1. The number of aliphatic hydroxyl groups excluding tert-OH is 1. The zero-order valence-electron chi connectivity index (χ0n) is 2.51. The van der Waals surface area contributed by atoms with Crippen molar-refractivity contribution >= 4 is 5.90 Å². The molecule has 0 aromatic rings. The van der Waals surface area contributed by atoms with Crippen molar-refractivity contribution in [2.45, 2.75) is 0 Å². The van der Waals surface area contributed by atoms with Crippen LogP contribution in [-0.4, -0.2) is 17.6 Å². The van der Waals surface area contributed by atoms with Crippen LogP contribution >= 0.6 is 0 Å². The highest BCUT2D eigenvalue weighted by atomic mass is 16.7. The van der Waals surface area contributed by atoms with Gasteiger partial charge in [-0.25, -0.2) is 0 Å². The van der Waals surface area contributed by atoms with Gasteiger partial charge < -0.3 is 9.94 Å². The van der Waals surface area contributed by atoms with Gasteiger partial charge >= 0.3 is 0 Å². The lowest BCUT2D eigenvalue weighted by Crippen LogP contribution is -2.14. The van der Waals surface area contributed by atoms with E-state index in [0.29, 0.717) is 6.61 Å². The van der Waals surface area contributed by atoms with Crippen molar-refractivity contribution in [3.8, 4) is 0 Å². The molecule has 3 nitrogen and oxygen atoms in total. The molecule has 0 amide bonds. The molecule has 0 bridgehead atoms. The summed E-state index contributed by atoms with van der Waals surface area (Å²) in [6, 6.07) is 0. The Hall–Kier alpha value is -0.730. The summed E-state index contributed by atoms with van der Waals surface area (Å²) in [6.07, 6.45) is 0. The summed E-state index contributed by atoms with van der Waals surface area (Å²) in [5.74, 6) is 0.0880. The number of hydrogen-bond donors (Lipinski definition) is 1. The van der Waals surface area contributed by atoms with Gasteiger partial charge in [-0.2, -0.15) is 0 Å². The molecule has 0 atom stereocenters. The van der Waals surface area contributed by atoms with E-state index in [-0.39, 0.29) is 5.90 Å². The monoisotopic (exact) mass is 73.0 g/mol. The highest BCUT2D eigenvalue weighted by molar-refractivity contribution is 5.77. The molecule has 28 valence electrons. The van der Waals surface area contributed by atoms with Crippen molar-refractivity contribution in [2.75, 3.05) is 6.61 Å². The summed E-state index contributed by atoms with van der Waals surface area (Å²) >= 11 is 0. The van der Waals surface area contributed by atoms with Gasteiger partial charge in [-0.05, 0) is 5.16 Å². The molecule has 0 saturated heterocycles. The van der Waals surface area contributed by atoms with E-state index in [4.69, 9.17) is 5.11 Å². The molecule has 0 unspecified atom stereocenters. The van der Waals surface area contributed by atoms with Crippen molar-refractivity contribution in [3.05, 3.63) is 0 Å². The molecule has 1 N–H and O–H groups in total. The van der Waals surface area contributed by atoms with Gasteiger partial charge in [0, 0.05) is 0 Å². The molecule has 1 rings (SSSR count). The Morgan fingerprint density at radius 3 is 2.40 bits per heavy atom. The van der Waals surface area contributed by atoms with Crippen molar-refractivity contribution in [1.82, 2.24) is 0 Å². The summed E-state index contributed by atoms with van der Waals surface area (Å²) in [7, 11) is 0. The van der Waals surface area contributed by atoms with Crippen molar-refractivity contribution in [2.24, 2.45) is 5.16 Å². The third-order valence-electron chi connectivity index (χ3n) is 0.364. The zero-order valence-corrected chi connectivity index (χ0v) is 2.51. The van der Waals surface area contributed by atoms with Gasteiger partial charge in [-0.3, -0.25) is 0 Å². The third-order valence-corrected chi connectivity index (χ3v) is 0.364. The van der Waals surface area contributed by atoms with Crippen LogP contribution in [-0.2, 0) is 4.84 Å². The highest BCUT2D eigenvalue weighted by Crippen LogP contribution is 1.88. The molecular formula is C2H3NO2.